The molecule has 0 fully saturated rings. The fourth-order valence-electron chi connectivity index (χ4n) is 3.33. The predicted molar refractivity (Wildman–Crippen MR) is 120 cm³/mol. The highest BCUT2D eigenvalue weighted by Gasteiger charge is 2.14. The molecule has 0 aliphatic carbocycles. The summed E-state index contributed by atoms with van der Waals surface area (Å²) >= 11 is 3.55. The highest BCUT2D eigenvalue weighted by atomic mass is 79.9. The molecule has 152 valence electrons. The van der Waals surface area contributed by atoms with Gasteiger partial charge in [0.1, 0.15) is 17.9 Å². The standard InChI is InChI=1S/C25H21BrO4/c1-2-28-23(27)15-17-8-11-20(12-9-17)29-16-18-10-13-22-21(14-18)24(25(26)30-22)19-6-4-3-5-7-19/h3-14H,2,15-16H2,1H3. The molecule has 0 atom stereocenters. The van der Waals surface area contributed by atoms with Gasteiger partial charge in [0.15, 0.2) is 4.67 Å². The second-order valence-electron chi connectivity index (χ2n) is 6.86. The minimum Gasteiger partial charge on any atom is -0.489 e. The minimum absolute atomic E-state index is 0.222. The first-order valence-electron chi connectivity index (χ1n) is 9.77. The zero-order valence-electron chi connectivity index (χ0n) is 16.6. The van der Waals surface area contributed by atoms with E-state index in [0.717, 1.165) is 43.6 Å². The van der Waals surface area contributed by atoms with E-state index in [0.29, 0.717) is 13.2 Å². The van der Waals surface area contributed by atoms with Crippen molar-refractivity contribution in [1.82, 2.24) is 0 Å². The van der Waals surface area contributed by atoms with E-state index in [1.807, 2.05) is 54.6 Å². The zero-order valence-corrected chi connectivity index (χ0v) is 18.1. The van der Waals surface area contributed by atoms with Crippen molar-refractivity contribution in [1.29, 1.82) is 0 Å². The third-order valence-corrected chi connectivity index (χ3v) is 5.31. The summed E-state index contributed by atoms with van der Waals surface area (Å²) < 4.78 is 17.5. The van der Waals surface area contributed by atoms with Crippen LogP contribution in [0.2, 0.25) is 0 Å². The molecule has 0 N–H and O–H groups in total. The van der Waals surface area contributed by atoms with Crippen LogP contribution >= 0.6 is 15.9 Å². The van der Waals surface area contributed by atoms with Crippen molar-refractivity contribution in [3.05, 3.63) is 88.6 Å². The summed E-state index contributed by atoms with van der Waals surface area (Å²) in [7, 11) is 0. The molecule has 0 aliphatic rings. The van der Waals surface area contributed by atoms with Gasteiger partial charge in [0.05, 0.1) is 13.0 Å². The fourth-order valence-corrected chi connectivity index (χ4v) is 3.94. The summed E-state index contributed by atoms with van der Waals surface area (Å²) in [5.41, 5.74) is 4.91. The predicted octanol–water partition coefficient (Wildman–Crippen LogP) is 6.55. The van der Waals surface area contributed by atoms with Gasteiger partial charge >= 0.3 is 5.97 Å². The van der Waals surface area contributed by atoms with E-state index in [9.17, 15) is 4.79 Å². The molecule has 0 amide bonds. The number of esters is 1. The number of carbonyl (C=O) groups excluding carboxylic acids is 1. The van der Waals surface area contributed by atoms with Crippen molar-refractivity contribution in [2.24, 2.45) is 0 Å². The van der Waals surface area contributed by atoms with Crippen molar-refractivity contribution in [3.63, 3.8) is 0 Å². The molecule has 1 heterocycles. The summed E-state index contributed by atoms with van der Waals surface area (Å²) in [6, 6.07) is 23.7. The Labute approximate surface area is 183 Å². The number of benzene rings is 3. The maximum Gasteiger partial charge on any atom is 0.310 e. The third-order valence-electron chi connectivity index (χ3n) is 4.75. The Morgan fingerprint density at radius 2 is 1.70 bits per heavy atom. The third kappa shape index (κ3) is 4.57. The van der Waals surface area contributed by atoms with Gasteiger partial charge in [-0.2, -0.15) is 0 Å². The molecular formula is C25H21BrO4. The van der Waals surface area contributed by atoms with E-state index in [4.69, 9.17) is 13.9 Å². The normalized spacial score (nSPS) is 10.9. The topological polar surface area (TPSA) is 48.7 Å². The maximum absolute atomic E-state index is 11.6. The highest BCUT2D eigenvalue weighted by Crippen LogP contribution is 2.38. The van der Waals surface area contributed by atoms with Crippen LogP contribution in [0, 0.1) is 0 Å². The number of halogens is 1. The number of rotatable bonds is 7. The zero-order chi connectivity index (χ0) is 20.9. The Balaban J connectivity index is 1.49. The van der Waals surface area contributed by atoms with Gasteiger partial charge in [0.25, 0.3) is 0 Å². The monoisotopic (exact) mass is 464 g/mol. The molecule has 1 aromatic heterocycles. The minimum atomic E-state index is -0.222. The van der Waals surface area contributed by atoms with Gasteiger partial charge in [0.2, 0.25) is 0 Å². The van der Waals surface area contributed by atoms with Crippen LogP contribution in [0.25, 0.3) is 22.1 Å². The number of hydrogen-bond donors (Lipinski definition) is 0. The summed E-state index contributed by atoms with van der Waals surface area (Å²) in [6.45, 7) is 2.63. The van der Waals surface area contributed by atoms with Crippen LogP contribution in [0.5, 0.6) is 5.75 Å². The fraction of sp³-hybridized carbons (Fsp3) is 0.160. The van der Waals surface area contributed by atoms with E-state index < -0.39 is 0 Å². The van der Waals surface area contributed by atoms with E-state index in [2.05, 4.69) is 34.1 Å². The van der Waals surface area contributed by atoms with Crippen molar-refractivity contribution < 1.29 is 18.7 Å². The van der Waals surface area contributed by atoms with Crippen molar-refractivity contribution in [2.75, 3.05) is 6.61 Å². The van der Waals surface area contributed by atoms with Gasteiger partial charge in [-0.25, -0.2) is 0 Å². The Morgan fingerprint density at radius 1 is 0.967 bits per heavy atom. The highest BCUT2D eigenvalue weighted by molar-refractivity contribution is 9.10. The molecule has 0 spiro atoms. The lowest BCUT2D eigenvalue weighted by molar-refractivity contribution is -0.142. The quantitative estimate of drug-likeness (QED) is 0.291. The van der Waals surface area contributed by atoms with Crippen LogP contribution in [0.1, 0.15) is 18.1 Å². The van der Waals surface area contributed by atoms with Gasteiger partial charge in [-0.3, -0.25) is 4.79 Å². The molecule has 4 nitrogen and oxygen atoms in total. The average Bonchev–Trinajstić information content (AvgIpc) is 3.09. The van der Waals surface area contributed by atoms with Crippen molar-refractivity contribution >= 4 is 32.9 Å². The van der Waals surface area contributed by atoms with Crippen LogP contribution in [-0.4, -0.2) is 12.6 Å². The van der Waals surface area contributed by atoms with Crippen molar-refractivity contribution in [3.8, 4) is 16.9 Å². The molecule has 0 bridgehead atoms. The van der Waals surface area contributed by atoms with Gasteiger partial charge in [0, 0.05) is 10.9 Å². The van der Waals surface area contributed by atoms with E-state index in [1.54, 1.807) is 6.92 Å². The first-order chi connectivity index (χ1) is 14.6. The SMILES string of the molecule is CCOC(=O)Cc1ccc(OCc2ccc3oc(Br)c(-c4ccccc4)c3c2)cc1. The van der Waals surface area contributed by atoms with Gasteiger partial charge in [-0.1, -0.05) is 48.5 Å². The van der Waals surface area contributed by atoms with Gasteiger partial charge in [-0.05, 0) is 63.8 Å². The second-order valence-corrected chi connectivity index (χ2v) is 7.58. The van der Waals surface area contributed by atoms with Gasteiger partial charge in [-0.15, -0.1) is 0 Å². The molecule has 0 saturated heterocycles. The Bertz CT molecular complexity index is 1150. The summed E-state index contributed by atoms with van der Waals surface area (Å²) in [4.78, 5) is 11.6. The van der Waals surface area contributed by atoms with Crippen LogP contribution in [0.4, 0.5) is 0 Å². The summed E-state index contributed by atoms with van der Waals surface area (Å²) in [5.74, 6) is 0.527. The van der Waals surface area contributed by atoms with Crippen molar-refractivity contribution in [2.45, 2.75) is 20.0 Å². The molecule has 0 radical (unpaired) electrons. The van der Waals surface area contributed by atoms with E-state index in [1.165, 1.54) is 0 Å². The molecule has 4 rings (SSSR count). The number of hydrogen-bond acceptors (Lipinski definition) is 4. The van der Waals surface area contributed by atoms with Crippen LogP contribution in [0.15, 0.2) is 81.9 Å². The lowest BCUT2D eigenvalue weighted by Crippen LogP contribution is -2.07. The summed E-state index contributed by atoms with van der Waals surface area (Å²) in [5, 5.41) is 1.04. The number of furan rings is 1. The molecule has 5 heteroatoms. The Kier molecular flexibility index (Phi) is 6.19. The largest absolute Gasteiger partial charge is 0.489 e. The molecule has 3 aromatic carbocycles. The lowest BCUT2D eigenvalue weighted by atomic mass is 10.0. The first-order valence-corrected chi connectivity index (χ1v) is 10.6. The maximum atomic E-state index is 11.6. The van der Waals surface area contributed by atoms with Crippen LogP contribution in [0.3, 0.4) is 0 Å². The Morgan fingerprint density at radius 3 is 2.43 bits per heavy atom. The second kappa shape index (κ2) is 9.18. The first kappa shape index (κ1) is 20.2. The molecule has 0 unspecified atom stereocenters. The van der Waals surface area contributed by atoms with Crippen LogP contribution in [-0.2, 0) is 22.6 Å². The lowest BCUT2D eigenvalue weighted by Gasteiger charge is -2.08. The van der Waals surface area contributed by atoms with E-state index in [-0.39, 0.29) is 12.4 Å². The Hall–Kier alpha value is -3.05. The average molecular weight is 465 g/mol. The number of carbonyl (C=O) groups is 1. The van der Waals surface area contributed by atoms with E-state index >= 15 is 0 Å². The molecule has 0 saturated carbocycles. The molecular weight excluding hydrogens is 444 g/mol. The smallest absolute Gasteiger partial charge is 0.310 e. The summed E-state index contributed by atoms with van der Waals surface area (Å²) in [6.07, 6.45) is 0.266. The van der Waals surface area contributed by atoms with Gasteiger partial charge < -0.3 is 13.9 Å². The molecule has 30 heavy (non-hydrogen) atoms. The number of fused-ring (bicyclic) bond motifs is 1. The molecule has 4 aromatic rings. The molecule has 0 aliphatic heterocycles. The number of ether oxygens (including phenoxy) is 2. The van der Waals surface area contributed by atoms with Crippen LogP contribution < -0.4 is 4.74 Å².